The summed E-state index contributed by atoms with van der Waals surface area (Å²) in [5, 5.41) is 17.0. The molecule has 3 aromatic carbocycles. The number of carbonyl (C=O) groups excluding carboxylic acids is 1. The number of carbonyl (C=O) groups is 1. The Kier molecular flexibility index (Phi) is 6.35. The summed E-state index contributed by atoms with van der Waals surface area (Å²) >= 11 is 0. The molecule has 39 heavy (non-hydrogen) atoms. The van der Waals surface area contributed by atoms with Gasteiger partial charge in [-0.15, -0.1) is 0 Å². The van der Waals surface area contributed by atoms with Gasteiger partial charge < -0.3 is 20.9 Å². The summed E-state index contributed by atoms with van der Waals surface area (Å²) in [6, 6.07) is 15.3. The smallest absolute Gasteiger partial charge is 0.239 e. The van der Waals surface area contributed by atoms with Crippen LogP contribution in [0.2, 0.25) is 0 Å². The summed E-state index contributed by atoms with van der Waals surface area (Å²) < 4.78 is 29.0. The van der Waals surface area contributed by atoms with E-state index >= 15 is 0 Å². The van der Waals surface area contributed by atoms with Gasteiger partial charge in [0.2, 0.25) is 5.91 Å². The summed E-state index contributed by atoms with van der Waals surface area (Å²) in [5.74, 6) is -0.607. The van der Waals surface area contributed by atoms with Gasteiger partial charge in [0.25, 0.3) is 0 Å². The van der Waals surface area contributed by atoms with Gasteiger partial charge in [-0.3, -0.25) is 14.6 Å². The molecule has 9 nitrogen and oxygen atoms in total. The first-order valence-corrected chi connectivity index (χ1v) is 12.7. The Labute approximate surface area is 223 Å². The van der Waals surface area contributed by atoms with Crippen molar-refractivity contribution in [1.29, 1.82) is 0 Å². The van der Waals surface area contributed by atoms with Crippen LogP contribution >= 0.6 is 0 Å². The van der Waals surface area contributed by atoms with Crippen LogP contribution in [0.1, 0.15) is 11.1 Å². The molecule has 0 spiro atoms. The topological polar surface area (TPSA) is 108 Å². The number of fused-ring (bicyclic) bond motifs is 2. The highest BCUT2D eigenvalue weighted by Gasteiger charge is 2.19. The van der Waals surface area contributed by atoms with E-state index in [0.29, 0.717) is 23.6 Å². The highest BCUT2D eigenvalue weighted by molar-refractivity contribution is 5.98. The number of amides is 1. The van der Waals surface area contributed by atoms with Crippen molar-refractivity contribution in [1.82, 2.24) is 24.9 Å². The van der Waals surface area contributed by atoms with Crippen molar-refractivity contribution >= 4 is 45.0 Å². The number of hydrogen-bond donors (Lipinski definition) is 3. The van der Waals surface area contributed by atoms with Crippen molar-refractivity contribution in [3.05, 3.63) is 77.4 Å². The number of aromatic amines is 1. The number of nitrogens with one attached hydrogen (secondary N) is 2. The standard InChI is InChI=1S/C28H28F2N8O/c1-36-6-8-37(9-7-36)21-3-4-22-25(15-21)38(16-26(31)39)35-28(22)32-27-23-13-17(2-5-24(23)33-34-27)10-18-11-19(29)14-20(30)12-18/h2-5,11-15H,6-10,16H2,1H3,(H2,31,39)(H2,32,33,34,35). The molecule has 11 heteroatoms. The number of likely N-dealkylation sites (N-methyl/N-ethyl adjacent to an activating group) is 1. The van der Waals surface area contributed by atoms with Crippen LogP contribution in [0.15, 0.2) is 54.6 Å². The third kappa shape index (κ3) is 5.13. The first-order valence-electron chi connectivity index (χ1n) is 12.7. The molecule has 4 N–H and O–H groups in total. The number of rotatable bonds is 7. The van der Waals surface area contributed by atoms with Gasteiger partial charge in [-0.2, -0.15) is 10.2 Å². The third-order valence-corrected chi connectivity index (χ3v) is 7.10. The lowest BCUT2D eigenvalue weighted by Crippen LogP contribution is -2.44. The predicted molar refractivity (Wildman–Crippen MR) is 147 cm³/mol. The van der Waals surface area contributed by atoms with E-state index in [1.807, 2.05) is 30.3 Å². The van der Waals surface area contributed by atoms with Crippen LogP contribution in [0.4, 0.5) is 26.1 Å². The second-order valence-electron chi connectivity index (χ2n) is 10.00. The summed E-state index contributed by atoms with van der Waals surface area (Å²) in [5.41, 5.74) is 9.60. The molecule has 0 bridgehead atoms. The maximum absolute atomic E-state index is 13.7. The summed E-state index contributed by atoms with van der Waals surface area (Å²) in [7, 11) is 2.11. The van der Waals surface area contributed by atoms with Crippen molar-refractivity contribution in [3.63, 3.8) is 0 Å². The summed E-state index contributed by atoms with van der Waals surface area (Å²) in [6.45, 7) is 3.74. The Hall–Kier alpha value is -4.51. The maximum atomic E-state index is 13.7. The van der Waals surface area contributed by atoms with Crippen LogP contribution in [0.25, 0.3) is 21.8 Å². The molecule has 200 valence electrons. The molecule has 0 aliphatic carbocycles. The summed E-state index contributed by atoms with van der Waals surface area (Å²) in [6.07, 6.45) is 0.362. The fourth-order valence-corrected chi connectivity index (χ4v) is 5.11. The molecule has 0 unspecified atom stereocenters. The molecular formula is C28H28F2N8O. The van der Waals surface area contributed by atoms with Gasteiger partial charge in [0.05, 0.1) is 11.0 Å². The van der Waals surface area contributed by atoms with Gasteiger partial charge in [0.15, 0.2) is 11.6 Å². The Morgan fingerprint density at radius 2 is 1.72 bits per heavy atom. The number of halogens is 2. The molecule has 1 aliphatic rings. The lowest BCUT2D eigenvalue weighted by Gasteiger charge is -2.34. The normalized spacial score (nSPS) is 14.4. The summed E-state index contributed by atoms with van der Waals surface area (Å²) in [4.78, 5) is 16.4. The number of nitrogens with two attached hydrogens (primary N) is 1. The lowest BCUT2D eigenvalue weighted by atomic mass is 10.0. The van der Waals surface area contributed by atoms with Crippen LogP contribution in [0.3, 0.4) is 0 Å². The Morgan fingerprint density at radius 3 is 2.46 bits per heavy atom. The van der Waals surface area contributed by atoms with Crippen LogP contribution < -0.4 is 16.0 Å². The zero-order valence-corrected chi connectivity index (χ0v) is 21.4. The Balaban J connectivity index is 1.33. The second kappa shape index (κ2) is 9.99. The molecule has 0 atom stereocenters. The van der Waals surface area contributed by atoms with Crippen molar-refractivity contribution in [2.45, 2.75) is 13.0 Å². The SMILES string of the molecule is CN1CCN(c2ccc3c(Nc4n[nH]c5ccc(Cc6cc(F)cc(F)c6)cc45)nn(CC(N)=O)c3c2)CC1. The fourth-order valence-electron chi connectivity index (χ4n) is 5.11. The molecule has 0 radical (unpaired) electrons. The largest absolute Gasteiger partial charge is 0.369 e. The fraction of sp³-hybridized carbons (Fsp3) is 0.250. The number of benzene rings is 3. The molecule has 5 aromatic rings. The van der Waals surface area contributed by atoms with E-state index in [4.69, 9.17) is 5.73 Å². The highest BCUT2D eigenvalue weighted by atomic mass is 19.1. The zero-order valence-electron chi connectivity index (χ0n) is 21.4. The van der Waals surface area contributed by atoms with Crippen LogP contribution in [-0.4, -0.2) is 64.0 Å². The van der Waals surface area contributed by atoms with E-state index in [0.717, 1.165) is 65.3 Å². The van der Waals surface area contributed by atoms with Crippen molar-refractivity contribution in [3.8, 4) is 0 Å². The van der Waals surface area contributed by atoms with Gasteiger partial charge in [-0.1, -0.05) is 6.07 Å². The molecule has 1 saturated heterocycles. The molecule has 2 aromatic heterocycles. The van der Waals surface area contributed by atoms with E-state index in [1.165, 1.54) is 12.1 Å². The first-order chi connectivity index (χ1) is 18.8. The first kappa shape index (κ1) is 24.8. The van der Waals surface area contributed by atoms with Crippen molar-refractivity contribution < 1.29 is 13.6 Å². The van der Waals surface area contributed by atoms with E-state index in [-0.39, 0.29) is 6.54 Å². The number of H-pyrrole nitrogens is 1. The van der Waals surface area contributed by atoms with E-state index in [9.17, 15) is 13.6 Å². The molecule has 1 amide bonds. The Morgan fingerprint density at radius 1 is 0.949 bits per heavy atom. The highest BCUT2D eigenvalue weighted by Crippen LogP contribution is 2.32. The molecule has 3 heterocycles. The van der Waals surface area contributed by atoms with Gasteiger partial charge >= 0.3 is 0 Å². The quantitative estimate of drug-likeness (QED) is 0.296. The number of anilines is 3. The third-order valence-electron chi connectivity index (χ3n) is 7.10. The number of primary amides is 1. The molecule has 6 rings (SSSR count). The minimum atomic E-state index is -0.606. The molecule has 1 fully saturated rings. The Bertz CT molecular complexity index is 1670. The van der Waals surface area contributed by atoms with Gasteiger partial charge in [0.1, 0.15) is 18.2 Å². The molecular weight excluding hydrogens is 502 g/mol. The van der Waals surface area contributed by atoms with Gasteiger partial charge in [-0.05, 0) is 67.1 Å². The monoisotopic (exact) mass is 530 g/mol. The minimum absolute atomic E-state index is 0.0555. The average Bonchev–Trinajstić information content (AvgIpc) is 3.44. The zero-order chi connectivity index (χ0) is 27.1. The molecule has 0 saturated carbocycles. The van der Waals surface area contributed by atoms with Gasteiger partial charge in [-0.25, -0.2) is 8.78 Å². The van der Waals surface area contributed by atoms with E-state index in [2.05, 4.69) is 43.5 Å². The number of nitrogens with zero attached hydrogens (tertiary/aromatic N) is 5. The number of piperazine rings is 1. The lowest BCUT2D eigenvalue weighted by molar-refractivity contribution is -0.118. The van der Waals surface area contributed by atoms with Gasteiger partial charge in [0, 0.05) is 48.7 Å². The van der Waals surface area contributed by atoms with E-state index < -0.39 is 17.5 Å². The predicted octanol–water partition coefficient (Wildman–Crippen LogP) is 3.76. The number of aromatic nitrogens is 4. The van der Waals surface area contributed by atoms with Crippen LogP contribution in [-0.2, 0) is 17.8 Å². The molecule has 1 aliphatic heterocycles. The second-order valence-corrected chi connectivity index (χ2v) is 10.00. The van der Waals surface area contributed by atoms with Crippen molar-refractivity contribution in [2.24, 2.45) is 5.73 Å². The van der Waals surface area contributed by atoms with Crippen LogP contribution in [0, 0.1) is 11.6 Å². The van der Waals surface area contributed by atoms with Crippen molar-refractivity contribution in [2.75, 3.05) is 43.4 Å². The average molecular weight is 531 g/mol. The van der Waals surface area contributed by atoms with Crippen LogP contribution in [0.5, 0.6) is 0 Å². The van der Waals surface area contributed by atoms with E-state index in [1.54, 1.807) is 4.68 Å². The minimum Gasteiger partial charge on any atom is -0.369 e. The maximum Gasteiger partial charge on any atom is 0.239 e. The number of hydrogen-bond acceptors (Lipinski definition) is 6.